The third-order valence-electron chi connectivity index (χ3n) is 3.85. The predicted octanol–water partition coefficient (Wildman–Crippen LogP) is 1.82. The largest absolute Gasteiger partial charge is 0.389 e. The predicted molar refractivity (Wildman–Crippen MR) is 75.5 cm³/mol. The molecule has 1 unspecified atom stereocenters. The molecule has 3 N–H and O–H groups in total. The molecule has 4 nitrogen and oxygen atoms in total. The summed E-state index contributed by atoms with van der Waals surface area (Å²) in [6, 6.07) is -0.350. The van der Waals surface area contributed by atoms with Crippen molar-refractivity contribution in [2.45, 2.75) is 84.5 Å². The Labute approximate surface area is 112 Å². The van der Waals surface area contributed by atoms with Gasteiger partial charge in [-0.2, -0.15) is 0 Å². The van der Waals surface area contributed by atoms with Gasteiger partial charge in [0.2, 0.25) is 5.91 Å². The van der Waals surface area contributed by atoms with Gasteiger partial charge >= 0.3 is 0 Å². The van der Waals surface area contributed by atoms with Gasteiger partial charge < -0.3 is 10.4 Å². The van der Waals surface area contributed by atoms with Crippen LogP contribution in [-0.2, 0) is 4.79 Å². The van der Waals surface area contributed by atoms with E-state index in [1.54, 1.807) is 13.8 Å². The second kappa shape index (κ2) is 5.57. The maximum Gasteiger partial charge on any atom is 0.237 e. The average Bonchev–Trinajstić information content (AvgIpc) is 2.14. The van der Waals surface area contributed by atoms with Crippen molar-refractivity contribution in [1.29, 1.82) is 0 Å². The second-order valence-corrected chi connectivity index (χ2v) is 6.78. The lowest BCUT2D eigenvalue weighted by Gasteiger charge is -2.40. The molecule has 18 heavy (non-hydrogen) atoms. The van der Waals surface area contributed by atoms with E-state index >= 15 is 0 Å². The fraction of sp³-hybridized carbons (Fsp3) is 0.929. The van der Waals surface area contributed by atoms with Crippen LogP contribution >= 0.6 is 0 Å². The van der Waals surface area contributed by atoms with E-state index < -0.39 is 11.1 Å². The van der Waals surface area contributed by atoms with Crippen LogP contribution in [0.4, 0.5) is 0 Å². The van der Waals surface area contributed by atoms with Crippen molar-refractivity contribution < 1.29 is 9.90 Å². The zero-order chi connectivity index (χ0) is 14.8. The van der Waals surface area contributed by atoms with Crippen LogP contribution in [0.3, 0.4) is 0 Å². The number of hydrogen-bond acceptors (Lipinski definition) is 3. The first kappa shape index (κ1) is 17.4. The minimum atomic E-state index is -0.901. The van der Waals surface area contributed by atoms with Crippen LogP contribution in [0, 0.1) is 0 Å². The minimum Gasteiger partial charge on any atom is -0.389 e. The highest BCUT2D eigenvalue weighted by molar-refractivity contribution is 5.82. The van der Waals surface area contributed by atoms with E-state index in [0.29, 0.717) is 0 Å². The molecular weight excluding hydrogens is 228 g/mol. The number of nitrogens with one attached hydrogen (secondary N) is 2. The highest BCUT2D eigenvalue weighted by Gasteiger charge is 2.37. The fourth-order valence-electron chi connectivity index (χ4n) is 1.31. The van der Waals surface area contributed by atoms with Crippen molar-refractivity contribution in [2.75, 3.05) is 0 Å². The topological polar surface area (TPSA) is 61.4 Å². The van der Waals surface area contributed by atoms with Gasteiger partial charge in [0.05, 0.1) is 11.6 Å². The smallest absolute Gasteiger partial charge is 0.237 e. The van der Waals surface area contributed by atoms with E-state index in [4.69, 9.17) is 0 Å². The lowest BCUT2D eigenvalue weighted by molar-refractivity contribution is -0.125. The second-order valence-electron chi connectivity index (χ2n) is 6.78. The molecule has 1 atom stereocenters. The van der Waals surface area contributed by atoms with Crippen LogP contribution in [0.2, 0.25) is 0 Å². The molecule has 108 valence electrons. The molecule has 0 aromatic rings. The van der Waals surface area contributed by atoms with Crippen LogP contribution < -0.4 is 10.6 Å². The van der Waals surface area contributed by atoms with Crippen LogP contribution in [0.25, 0.3) is 0 Å². The Balaban J connectivity index is 4.60. The molecule has 0 aliphatic heterocycles. The standard InChI is InChI=1S/C14H30N2O2/c1-9-12(3,4)16-11(17)10(2)15-13(5,6)14(7,8)18/h10,15,18H,9H2,1-8H3,(H,16,17). The Hall–Kier alpha value is -0.610. The van der Waals surface area contributed by atoms with E-state index in [1.165, 1.54) is 0 Å². The highest BCUT2D eigenvalue weighted by atomic mass is 16.3. The van der Waals surface area contributed by atoms with Crippen LogP contribution in [0.5, 0.6) is 0 Å². The molecule has 0 heterocycles. The summed E-state index contributed by atoms with van der Waals surface area (Å²) in [5, 5.41) is 16.2. The summed E-state index contributed by atoms with van der Waals surface area (Å²) >= 11 is 0. The molecule has 0 fully saturated rings. The van der Waals surface area contributed by atoms with Gasteiger partial charge in [-0.3, -0.25) is 10.1 Å². The third-order valence-corrected chi connectivity index (χ3v) is 3.85. The Morgan fingerprint density at radius 2 is 1.61 bits per heavy atom. The van der Waals surface area contributed by atoms with Crippen molar-refractivity contribution in [2.24, 2.45) is 0 Å². The molecular formula is C14H30N2O2. The van der Waals surface area contributed by atoms with Gasteiger partial charge in [-0.1, -0.05) is 6.92 Å². The van der Waals surface area contributed by atoms with E-state index in [0.717, 1.165) is 6.42 Å². The first-order chi connectivity index (χ1) is 7.82. The quantitative estimate of drug-likeness (QED) is 0.681. The van der Waals surface area contributed by atoms with Crippen molar-refractivity contribution in [3.8, 4) is 0 Å². The van der Waals surface area contributed by atoms with Gasteiger partial charge in [-0.25, -0.2) is 0 Å². The monoisotopic (exact) mass is 258 g/mol. The SMILES string of the molecule is CCC(C)(C)NC(=O)C(C)NC(C)(C)C(C)(C)O. The van der Waals surface area contributed by atoms with Gasteiger partial charge in [0.25, 0.3) is 0 Å². The van der Waals surface area contributed by atoms with Gasteiger partial charge in [0, 0.05) is 11.1 Å². The summed E-state index contributed by atoms with van der Waals surface area (Å²) in [5.74, 6) is -0.0424. The van der Waals surface area contributed by atoms with Gasteiger partial charge in [-0.05, 0) is 54.9 Å². The van der Waals surface area contributed by atoms with Crippen LogP contribution in [-0.4, -0.2) is 33.7 Å². The Morgan fingerprint density at radius 3 is 1.94 bits per heavy atom. The molecule has 0 aliphatic carbocycles. The Bertz CT molecular complexity index is 291. The molecule has 4 heteroatoms. The number of aliphatic hydroxyl groups is 1. The third kappa shape index (κ3) is 4.94. The molecule has 0 aromatic heterocycles. The molecule has 0 saturated heterocycles. The summed E-state index contributed by atoms with van der Waals surface area (Å²) in [7, 11) is 0. The van der Waals surface area contributed by atoms with Crippen molar-refractivity contribution in [3.63, 3.8) is 0 Å². The lowest BCUT2D eigenvalue weighted by Crippen LogP contribution is -2.62. The minimum absolute atomic E-state index is 0.0424. The number of carbonyl (C=O) groups is 1. The molecule has 0 rings (SSSR count). The Kier molecular flexibility index (Phi) is 5.39. The Morgan fingerprint density at radius 1 is 1.17 bits per heavy atom. The average molecular weight is 258 g/mol. The first-order valence-electron chi connectivity index (χ1n) is 6.64. The maximum atomic E-state index is 12.1. The van der Waals surface area contributed by atoms with Crippen LogP contribution in [0.15, 0.2) is 0 Å². The first-order valence-corrected chi connectivity index (χ1v) is 6.64. The zero-order valence-electron chi connectivity index (χ0n) is 13.1. The van der Waals surface area contributed by atoms with Gasteiger partial charge in [-0.15, -0.1) is 0 Å². The van der Waals surface area contributed by atoms with E-state index in [-0.39, 0.29) is 17.5 Å². The van der Waals surface area contributed by atoms with E-state index in [2.05, 4.69) is 10.6 Å². The summed E-state index contributed by atoms with van der Waals surface area (Å²) in [6.45, 7) is 15.1. The van der Waals surface area contributed by atoms with Gasteiger partial charge in [0.1, 0.15) is 0 Å². The number of carbonyl (C=O) groups excluding carboxylic acids is 1. The number of rotatable bonds is 6. The molecule has 0 aromatic carbocycles. The van der Waals surface area contributed by atoms with Crippen molar-refractivity contribution in [3.05, 3.63) is 0 Å². The normalized spacial score (nSPS) is 15.4. The number of amides is 1. The summed E-state index contributed by atoms with van der Waals surface area (Å²) in [6.07, 6.45) is 0.875. The zero-order valence-corrected chi connectivity index (χ0v) is 13.1. The molecule has 0 bridgehead atoms. The van der Waals surface area contributed by atoms with Crippen molar-refractivity contribution >= 4 is 5.91 Å². The molecule has 0 saturated carbocycles. The maximum absolute atomic E-state index is 12.1. The molecule has 0 aliphatic rings. The summed E-state index contributed by atoms with van der Waals surface area (Å²) < 4.78 is 0. The lowest BCUT2D eigenvalue weighted by atomic mass is 9.85. The molecule has 0 radical (unpaired) electrons. The number of hydrogen-bond donors (Lipinski definition) is 3. The molecule has 0 spiro atoms. The van der Waals surface area contributed by atoms with Crippen molar-refractivity contribution in [1.82, 2.24) is 10.6 Å². The summed E-state index contributed by atoms with van der Waals surface area (Å²) in [4.78, 5) is 12.1. The van der Waals surface area contributed by atoms with Gasteiger partial charge in [0.15, 0.2) is 0 Å². The summed E-state index contributed by atoms with van der Waals surface area (Å²) in [5.41, 5.74) is -1.65. The van der Waals surface area contributed by atoms with E-state index in [9.17, 15) is 9.90 Å². The highest BCUT2D eigenvalue weighted by Crippen LogP contribution is 2.21. The fourth-order valence-corrected chi connectivity index (χ4v) is 1.31. The van der Waals surface area contributed by atoms with Crippen LogP contribution in [0.1, 0.15) is 61.8 Å². The van der Waals surface area contributed by atoms with E-state index in [1.807, 2.05) is 41.5 Å². The molecule has 1 amide bonds.